The second kappa shape index (κ2) is 12.1. The molecular formula is C28H32ClF3N6S. The minimum atomic E-state index is -4.35. The second-order valence-corrected chi connectivity index (χ2v) is 10.8. The predicted molar refractivity (Wildman–Crippen MR) is 151 cm³/mol. The molecule has 2 aromatic carbocycles. The van der Waals surface area contributed by atoms with Gasteiger partial charge in [0.25, 0.3) is 0 Å². The first-order chi connectivity index (χ1) is 18.2. The van der Waals surface area contributed by atoms with Crippen molar-refractivity contribution in [1.29, 1.82) is 0 Å². The molecule has 0 bridgehead atoms. The molecule has 0 N–H and O–H groups in total. The number of hydrogen-bond donors (Lipinski definition) is 0. The van der Waals surface area contributed by atoms with Crippen LogP contribution in [0.2, 0.25) is 0 Å². The Bertz CT molecular complexity index is 1410. The van der Waals surface area contributed by atoms with Crippen LogP contribution in [-0.4, -0.2) is 54.8 Å². The van der Waals surface area contributed by atoms with Gasteiger partial charge < -0.3 is 9.47 Å². The molecule has 39 heavy (non-hydrogen) atoms. The Morgan fingerprint density at radius 3 is 2.26 bits per heavy atom. The number of alkyl halides is 3. The molecule has 0 fully saturated rings. The summed E-state index contributed by atoms with van der Waals surface area (Å²) in [6, 6.07) is 14.0. The first-order valence-electron chi connectivity index (χ1n) is 12.7. The minimum absolute atomic E-state index is 0. The Labute approximate surface area is 237 Å². The van der Waals surface area contributed by atoms with Crippen LogP contribution in [0.5, 0.6) is 0 Å². The second-order valence-electron chi connectivity index (χ2n) is 9.76. The van der Waals surface area contributed by atoms with Gasteiger partial charge in [-0.1, -0.05) is 36.0 Å². The molecule has 0 radical (unpaired) electrons. The summed E-state index contributed by atoms with van der Waals surface area (Å²) in [6.45, 7) is 5.11. The van der Waals surface area contributed by atoms with E-state index < -0.39 is 11.7 Å². The van der Waals surface area contributed by atoms with Gasteiger partial charge in [-0.05, 0) is 68.1 Å². The SMILES string of the molecule is Cc1cc(-c2ccc3c(c2)CCN(CCCSc2nnc(-c4ccc(C(F)(F)F)cc4)n2C)CC3)n(C)n1.Cl. The number of aromatic nitrogens is 5. The average Bonchev–Trinajstić information content (AvgIpc) is 3.34. The summed E-state index contributed by atoms with van der Waals surface area (Å²) >= 11 is 1.63. The molecule has 0 amide bonds. The van der Waals surface area contributed by atoms with Gasteiger partial charge in [0, 0.05) is 44.1 Å². The summed E-state index contributed by atoms with van der Waals surface area (Å²) < 4.78 is 42.4. The summed E-state index contributed by atoms with van der Waals surface area (Å²) in [5.74, 6) is 1.46. The fraction of sp³-hybridized carbons (Fsp3) is 0.393. The van der Waals surface area contributed by atoms with Gasteiger partial charge in [-0.25, -0.2) is 0 Å². The van der Waals surface area contributed by atoms with Crippen molar-refractivity contribution in [1.82, 2.24) is 29.4 Å². The van der Waals surface area contributed by atoms with Crippen LogP contribution in [0.4, 0.5) is 13.2 Å². The summed E-state index contributed by atoms with van der Waals surface area (Å²) in [7, 11) is 3.84. The van der Waals surface area contributed by atoms with Crippen molar-refractivity contribution in [2.75, 3.05) is 25.4 Å². The molecular weight excluding hydrogens is 545 g/mol. The van der Waals surface area contributed by atoms with Gasteiger partial charge in [0.15, 0.2) is 11.0 Å². The summed E-state index contributed by atoms with van der Waals surface area (Å²) in [5.41, 5.74) is 6.19. The quantitative estimate of drug-likeness (QED) is 0.193. The molecule has 0 atom stereocenters. The highest BCUT2D eigenvalue weighted by Crippen LogP contribution is 2.31. The van der Waals surface area contributed by atoms with Crippen molar-refractivity contribution >= 4 is 24.2 Å². The fourth-order valence-corrected chi connectivity index (χ4v) is 5.82. The maximum Gasteiger partial charge on any atom is 0.416 e. The zero-order chi connectivity index (χ0) is 26.9. The first kappa shape index (κ1) is 29.2. The molecule has 3 heterocycles. The normalized spacial score (nSPS) is 14.1. The number of rotatable bonds is 7. The monoisotopic (exact) mass is 576 g/mol. The minimum Gasteiger partial charge on any atom is -0.305 e. The van der Waals surface area contributed by atoms with Gasteiger partial charge in [0.2, 0.25) is 0 Å². The van der Waals surface area contributed by atoms with Crippen LogP contribution in [0.3, 0.4) is 0 Å². The van der Waals surface area contributed by atoms with E-state index in [2.05, 4.69) is 44.5 Å². The van der Waals surface area contributed by atoms with Crippen molar-refractivity contribution in [2.24, 2.45) is 14.1 Å². The van der Waals surface area contributed by atoms with E-state index in [4.69, 9.17) is 0 Å². The molecule has 0 unspecified atom stereocenters. The summed E-state index contributed by atoms with van der Waals surface area (Å²) in [5, 5.41) is 13.7. The zero-order valence-corrected chi connectivity index (χ0v) is 23.8. The number of thioether (sulfide) groups is 1. The highest BCUT2D eigenvalue weighted by atomic mass is 35.5. The van der Waals surface area contributed by atoms with E-state index in [0.29, 0.717) is 11.4 Å². The van der Waals surface area contributed by atoms with Crippen LogP contribution in [-0.2, 0) is 33.1 Å². The molecule has 11 heteroatoms. The Balaban J connectivity index is 0.00000353. The van der Waals surface area contributed by atoms with Gasteiger partial charge in [-0.15, -0.1) is 22.6 Å². The van der Waals surface area contributed by atoms with Crippen LogP contribution in [0.15, 0.2) is 53.7 Å². The van der Waals surface area contributed by atoms with Crippen molar-refractivity contribution in [2.45, 2.75) is 37.5 Å². The molecule has 2 aromatic heterocycles. The Hall–Kier alpha value is -2.82. The molecule has 208 valence electrons. The number of halogens is 4. The molecule has 6 nitrogen and oxygen atoms in total. The maximum absolute atomic E-state index is 12.9. The van der Waals surface area contributed by atoms with Crippen molar-refractivity contribution in [3.8, 4) is 22.6 Å². The van der Waals surface area contributed by atoms with Gasteiger partial charge in [-0.2, -0.15) is 18.3 Å². The topological polar surface area (TPSA) is 51.8 Å². The van der Waals surface area contributed by atoms with Crippen LogP contribution < -0.4 is 0 Å². The van der Waals surface area contributed by atoms with E-state index in [1.807, 2.05) is 30.3 Å². The van der Waals surface area contributed by atoms with E-state index in [0.717, 1.165) is 73.3 Å². The lowest BCUT2D eigenvalue weighted by molar-refractivity contribution is -0.137. The first-order valence-corrected chi connectivity index (χ1v) is 13.7. The van der Waals surface area contributed by atoms with Gasteiger partial charge in [0.1, 0.15) is 0 Å². The molecule has 0 aliphatic carbocycles. The molecule has 0 spiro atoms. The molecule has 5 rings (SSSR count). The van der Waals surface area contributed by atoms with Crippen molar-refractivity contribution < 1.29 is 13.2 Å². The molecule has 1 aliphatic heterocycles. The number of aryl methyl sites for hydroxylation is 2. The average molecular weight is 577 g/mol. The third-order valence-electron chi connectivity index (χ3n) is 7.05. The third-order valence-corrected chi connectivity index (χ3v) is 8.16. The Morgan fingerprint density at radius 1 is 0.897 bits per heavy atom. The Kier molecular flexibility index (Phi) is 9.08. The number of nitrogens with zero attached hydrogens (tertiary/aromatic N) is 6. The van der Waals surface area contributed by atoms with Crippen LogP contribution in [0.25, 0.3) is 22.6 Å². The fourth-order valence-electron chi connectivity index (χ4n) is 4.99. The van der Waals surface area contributed by atoms with Crippen LogP contribution >= 0.6 is 24.2 Å². The number of hydrogen-bond acceptors (Lipinski definition) is 5. The lowest BCUT2D eigenvalue weighted by atomic mass is 9.99. The molecule has 0 saturated heterocycles. The van der Waals surface area contributed by atoms with E-state index in [1.54, 1.807) is 11.8 Å². The highest BCUT2D eigenvalue weighted by molar-refractivity contribution is 7.99. The standard InChI is InChI=1S/C28H31F3N6S.ClH/c1-19-17-25(36(3)34-19)23-6-5-20-11-14-37(15-12-22(20)18-23)13-4-16-38-27-33-32-26(35(27)2)21-7-9-24(10-8-21)28(29,30)31;/h5-10,17-18H,4,11-16H2,1-3H3;1H. The van der Waals surface area contributed by atoms with E-state index >= 15 is 0 Å². The maximum atomic E-state index is 12.9. The molecule has 1 aliphatic rings. The van der Waals surface area contributed by atoms with Gasteiger partial charge in [0.05, 0.1) is 17.0 Å². The highest BCUT2D eigenvalue weighted by Gasteiger charge is 2.30. The largest absolute Gasteiger partial charge is 0.416 e. The number of benzene rings is 2. The third kappa shape index (κ3) is 6.67. The van der Waals surface area contributed by atoms with Gasteiger partial charge in [-0.3, -0.25) is 4.68 Å². The number of fused-ring (bicyclic) bond motifs is 1. The van der Waals surface area contributed by atoms with E-state index in [9.17, 15) is 13.2 Å². The lowest BCUT2D eigenvalue weighted by Crippen LogP contribution is -2.27. The van der Waals surface area contributed by atoms with Crippen molar-refractivity contribution in [3.63, 3.8) is 0 Å². The van der Waals surface area contributed by atoms with Crippen LogP contribution in [0, 0.1) is 6.92 Å². The van der Waals surface area contributed by atoms with E-state index in [-0.39, 0.29) is 12.4 Å². The molecule has 0 saturated carbocycles. The Morgan fingerprint density at radius 2 is 1.59 bits per heavy atom. The zero-order valence-electron chi connectivity index (χ0n) is 22.2. The predicted octanol–water partition coefficient (Wildman–Crippen LogP) is 6.21. The summed E-state index contributed by atoms with van der Waals surface area (Å²) in [6.07, 6.45) is -1.25. The van der Waals surface area contributed by atoms with E-state index in [1.165, 1.54) is 28.8 Å². The smallest absolute Gasteiger partial charge is 0.305 e. The summed E-state index contributed by atoms with van der Waals surface area (Å²) in [4.78, 5) is 2.53. The van der Waals surface area contributed by atoms with Crippen molar-refractivity contribution in [3.05, 3.63) is 70.9 Å². The molecule has 4 aromatic rings. The lowest BCUT2D eigenvalue weighted by Gasteiger charge is -2.19. The van der Waals surface area contributed by atoms with Gasteiger partial charge >= 0.3 is 6.18 Å². The van der Waals surface area contributed by atoms with Crippen LogP contribution in [0.1, 0.15) is 28.8 Å².